The summed E-state index contributed by atoms with van der Waals surface area (Å²) in [6.45, 7) is 3.00. The highest BCUT2D eigenvalue weighted by molar-refractivity contribution is 7.80. The van der Waals surface area contributed by atoms with Gasteiger partial charge in [-0.25, -0.2) is 4.98 Å². The monoisotopic (exact) mass is 305 g/mol. The smallest absolute Gasteiger partial charge is 0.161 e. The molecule has 0 saturated carbocycles. The normalized spacial score (nSPS) is 10.4. The minimum Gasteiger partial charge on any atom is -0.490 e. The molecule has 1 heterocycles. The fraction of sp³-hybridized carbons (Fsp3) is 0.333. The highest BCUT2D eigenvalue weighted by atomic mass is 32.1. The van der Waals surface area contributed by atoms with E-state index in [4.69, 9.17) is 27.4 Å². The Bertz CT molecular complexity index is 625. The van der Waals surface area contributed by atoms with E-state index in [0.717, 1.165) is 17.8 Å². The zero-order chi connectivity index (χ0) is 15.2. The van der Waals surface area contributed by atoms with Gasteiger partial charge in [-0.1, -0.05) is 12.2 Å². The summed E-state index contributed by atoms with van der Waals surface area (Å²) in [7, 11) is 1.96. The van der Waals surface area contributed by atoms with Gasteiger partial charge in [0.1, 0.15) is 10.8 Å². The number of thiocarbonyl (C=S) groups is 1. The Morgan fingerprint density at radius 2 is 2.14 bits per heavy atom. The molecule has 2 rings (SSSR count). The van der Waals surface area contributed by atoms with Crippen LogP contribution in [-0.2, 0) is 13.5 Å². The Balaban J connectivity index is 2.04. The van der Waals surface area contributed by atoms with Crippen molar-refractivity contribution in [3.05, 3.63) is 42.0 Å². The molecule has 0 saturated heterocycles. The first-order chi connectivity index (χ1) is 10.1. The molecule has 0 fully saturated rings. The number of nitrogens with zero attached hydrogens (tertiary/aromatic N) is 2. The molecular formula is C15H19N3O2S. The van der Waals surface area contributed by atoms with Crippen LogP contribution < -0.4 is 15.2 Å². The number of aromatic nitrogens is 2. The predicted molar refractivity (Wildman–Crippen MR) is 85.9 cm³/mol. The van der Waals surface area contributed by atoms with Crippen molar-refractivity contribution in [1.29, 1.82) is 0 Å². The van der Waals surface area contributed by atoms with Gasteiger partial charge in [0.2, 0.25) is 0 Å². The Morgan fingerprint density at radius 3 is 2.76 bits per heavy atom. The molecular weight excluding hydrogens is 286 g/mol. The maximum Gasteiger partial charge on any atom is 0.161 e. The van der Waals surface area contributed by atoms with Gasteiger partial charge in [0, 0.05) is 31.4 Å². The lowest BCUT2D eigenvalue weighted by Crippen LogP contribution is -2.11. The number of nitrogens with two attached hydrogens (primary N) is 1. The summed E-state index contributed by atoms with van der Waals surface area (Å²) in [5.41, 5.74) is 6.40. The first-order valence-corrected chi connectivity index (χ1v) is 7.18. The zero-order valence-corrected chi connectivity index (χ0v) is 13.0. The van der Waals surface area contributed by atoms with Gasteiger partial charge >= 0.3 is 0 Å². The van der Waals surface area contributed by atoms with Crippen LogP contribution in [0.3, 0.4) is 0 Å². The van der Waals surface area contributed by atoms with Crippen LogP contribution in [0.1, 0.15) is 18.3 Å². The van der Waals surface area contributed by atoms with Crippen molar-refractivity contribution in [1.82, 2.24) is 9.55 Å². The SMILES string of the molecule is CCOc1cc(C(N)=S)ccc1OCCc1nccn1C. The number of ether oxygens (including phenoxy) is 2. The molecule has 0 atom stereocenters. The van der Waals surface area contributed by atoms with Gasteiger partial charge in [0.25, 0.3) is 0 Å². The molecule has 0 amide bonds. The van der Waals surface area contributed by atoms with E-state index >= 15 is 0 Å². The molecule has 2 N–H and O–H groups in total. The Labute approximate surface area is 129 Å². The molecule has 2 aromatic rings. The lowest BCUT2D eigenvalue weighted by Gasteiger charge is -2.13. The van der Waals surface area contributed by atoms with Crippen molar-refractivity contribution in [3.63, 3.8) is 0 Å². The largest absolute Gasteiger partial charge is 0.490 e. The Hall–Kier alpha value is -2.08. The van der Waals surface area contributed by atoms with Crippen LogP contribution in [0.15, 0.2) is 30.6 Å². The van der Waals surface area contributed by atoms with Crippen LogP contribution in [0.25, 0.3) is 0 Å². The molecule has 0 aliphatic rings. The number of imidazole rings is 1. The maximum absolute atomic E-state index is 5.79. The maximum atomic E-state index is 5.79. The van der Waals surface area contributed by atoms with Gasteiger partial charge in [-0.3, -0.25) is 0 Å². The minimum absolute atomic E-state index is 0.343. The lowest BCUT2D eigenvalue weighted by molar-refractivity contribution is 0.277. The third kappa shape index (κ3) is 3.95. The van der Waals surface area contributed by atoms with Crippen LogP contribution in [0.2, 0.25) is 0 Å². The highest BCUT2D eigenvalue weighted by Gasteiger charge is 2.08. The molecule has 5 nitrogen and oxygen atoms in total. The molecule has 6 heteroatoms. The van der Waals surface area contributed by atoms with E-state index in [2.05, 4.69) is 4.98 Å². The number of rotatable bonds is 7. The molecule has 0 unspecified atom stereocenters. The minimum atomic E-state index is 0.343. The van der Waals surface area contributed by atoms with Gasteiger partial charge in [-0.15, -0.1) is 0 Å². The van der Waals surface area contributed by atoms with E-state index in [0.29, 0.717) is 29.7 Å². The number of aryl methyl sites for hydroxylation is 1. The molecule has 21 heavy (non-hydrogen) atoms. The fourth-order valence-electron chi connectivity index (χ4n) is 1.94. The summed E-state index contributed by atoms with van der Waals surface area (Å²) in [4.78, 5) is 4.60. The first kappa shape index (κ1) is 15.3. The van der Waals surface area contributed by atoms with Crippen LogP contribution in [0, 0.1) is 0 Å². The molecule has 1 aromatic carbocycles. The number of hydrogen-bond acceptors (Lipinski definition) is 4. The standard InChI is InChI=1S/C15H19N3O2S/c1-3-19-13-10-11(15(16)21)4-5-12(13)20-9-6-14-17-7-8-18(14)2/h4-5,7-8,10H,3,6,9H2,1-2H3,(H2,16,21). The molecule has 0 aliphatic carbocycles. The van der Waals surface area contributed by atoms with Crippen molar-refractivity contribution < 1.29 is 9.47 Å². The molecule has 1 aromatic heterocycles. The number of hydrogen-bond donors (Lipinski definition) is 1. The van der Waals surface area contributed by atoms with Crippen LogP contribution in [-0.4, -0.2) is 27.8 Å². The van der Waals surface area contributed by atoms with E-state index in [1.165, 1.54) is 0 Å². The Kier molecular flexibility index (Phi) is 5.16. The van der Waals surface area contributed by atoms with Crippen LogP contribution >= 0.6 is 12.2 Å². The van der Waals surface area contributed by atoms with Gasteiger partial charge in [0.15, 0.2) is 11.5 Å². The van der Waals surface area contributed by atoms with Crippen molar-refractivity contribution in [2.24, 2.45) is 12.8 Å². The topological polar surface area (TPSA) is 62.3 Å². The van der Waals surface area contributed by atoms with Crippen molar-refractivity contribution in [2.45, 2.75) is 13.3 Å². The second-order valence-electron chi connectivity index (χ2n) is 4.51. The summed E-state index contributed by atoms with van der Waals surface area (Å²) in [5, 5.41) is 0. The van der Waals surface area contributed by atoms with E-state index in [-0.39, 0.29) is 0 Å². The molecule has 0 bridgehead atoms. The van der Waals surface area contributed by atoms with E-state index in [1.807, 2.05) is 42.9 Å². The van der Waals surface area contributed by atoms with Gasteiger partial charge in [0.05, 0.1) is 13.2 Å². The molecule has 0 radical (unpaired) electrons. The second-order valence-corrected chi connectivity index (χ2v) is 4.95. The third-order valence-electron chi connectivity index (χ3n) is 3.03. The van der Waals surface area contributed by atoms with Gasteiger partial charge in [-0.2, -0.15) is 0 Å². The van der Waals surface area contributed by atoms with Crippen LogP contribution in [0.4, 0.5) is 0 Å². The summed E-state index contributed by atoms with van der Waals surface area (Å²) in [5.74, 6) is 2.32. The van der Waals surface area contributed by atoms with Crippen LogP contribution in [0.5, 0.6) is 11.5 Å². The first-order valence-electron chi connectivity index (χ1n) is 6.77. The Morgan fingerprint density at radius 1 is 1.33 bits per heavy atom. The van der Waals surface area contributed by atoms with Crippen molar-refractivity contribution >= 4 is 17.2 Å². The second kappa shape index (κ2) is 7.08. The zero-order valence-electron chi connectivity index (χ0n) is 12.2. The highest BCUT2D eigenvalue weighted by Crippen LogP contribution is 2.28. The average molecular weight is 305 g/mol. The lowest BCUT2D eigenvalue weighted by atomic mass is 10.2. The molecule has 112 valence electrons. The van der Waals surface area contributed by atoms with E-state index in [1.54, 1.807) is 6.20 Å². The fourth-order valence-corrected chi connectivity index (χ4v) is 2.07. The van der Waals surface area contributed by atoms with Gasteiger partial charge in [-0.05, 0) is 25.1 Å². The molecule has 0 spiro atoms. The van der Waals surface area contributed by atoms with E-state index in [9.17, 15) is 0 Å². The average Bonchev–Trinajstić information content (AvgIpc) is 2.86. The molecule has 0 aliphatic heterocycles. The summed E-state index contributed by atoms with van der Waals surface area (Å²) >= 11 is 4.98. The summed E-state index contributed by atoms with van der Waals surface area (Å²) in [6.07, 6.45) is 4.42. The quantitative estimate of drug-likeness (QED) is 0.794. The van der Waals surface area contributed by atoms with Gasteiger partial charge < -0.3 is 19.8 Å². The predicted octanol–water partition coefficient (Wildman–Crippen LogP) is 2.07. The summed E-state index contributed by atoms with van der Waals surface area (Å²) in [6, 6.07) is 5.47. The third-order valence-corrected chi connectivity index (χ3v) is 3.27. The van der Waals surface area contributed by atoms with Crippen molar-refractivity contribution in [3.8, 4) is 11.5 Å². The number of benzene rings is 1. The van der Waals surface area contributed by atoms with Crippen molar-refractivity contribution in [2.75, 3.05) is 13.2 Å². The summed E-state index contributed by atoms with van der Waals surface area (Å²) < 4.78 is 13.3. The van der Waals surface area contributed by atoms with E-state index < -0.39 is 0 Å².